The van der Waals surface area contributed by atoms with Crippen molar-refractivity contribution < 1.29 is 4.79 Å². The molecule has 0 atom stereocenters. The van der Waals surface area contributed by atoms with Crippen LogP contribution in [-0.4, -0.2) is 22.4 Å². The van der Waals surface area contributed by atoms with E-state index in [1.165, 1.54) is 23.5 Å². The summed E-state index contributed by atoms with van der Waals surface area (Å²) >= 11 is 3.98. The number of nitrogens with one attached hydrogen (secondary N) is 1. The van der Waals surface area contributed by atoms with E-state index in [-0.39, 0.29) is 5.91 Å². The first kappa shape index (κ1) is 16.5. The summed E-state index contributed by atoms with van der Waals surface area (Å²) in [5.74, 6) is 2.33. The number of hydrogen-bond donors (Lipinski definition) is 1. The van der Waals surface area contributed by atoms with E-state index in [9.17, 15) is 4.79 Å². The average molecular weight is 367 g/mol. The lowest BCUT2D eigenvalue weighted by Gasteiger charge is -2.21. The highest BCUT2D eigenvalue weighted by atomic mass is 32.2. The van der Waals surface area contributed by atoms with E-state index in [4.69, 9.17) is 0 Å². The quantitative estimate of drug-likeness (QED) is 0.678. The van der Waals surface area contributed by atoms with Crippen LogP contribution in [0.25, 0.3) is 10.9 Å². The molecule has 0 radical (unpaired) electrons. The third kappa shape index (κ3) is 3.83. The Balaban J connectivity index is 1.48. The van der Waals surface area contributed by atoms with Crippen molar-refractivity contribution in [1.82, 2.24) is 4.98 Å². The van der Waals surface area contributed by atoms with E-state index >= 15 is 0 Å². The standard InChI is InChI=1S/C20H18N2OS2/c23-19(22-17-12-16-4-1-2-5-18(16)21-13-17)14-6-8-15(9-7-14)20-24-10-3-11-25-20/h1-2,4-9,12-13,20H,3,10-11H2,(H,22,23). The van der Waals surface area contributed by atoms with Crippen LogP contribution in [0.4, 0.5) is 5.69 Å². The number of fused-ring (bicyclic) bond motifs is 1. The fourth-order valence-corrected chi connectivity index (χ4v) is 5.71. The van der Waals surface area contributed by atoms with E-state index in [1.807, 2.05) is 66.0 Å². The van der Waals surface area contributed by atoms with Crippen molar-refractivity contribution in [2.75, 3.05) is 16.8 Å². The van der Waals surface area contributed by atoms with E-state index in [0.717, 1.165) is 10.9 Å². The maximum Gasteiger partial charge on any atom is 0.255 e. The molecule has 5 heteroatoms. The molecule has 2 heterocycles. The minimum atomic E-state index is -0.104. The molecule has 0 aliphatic carbocycles. The van der Waals surface area contributed by atoms with Crippen LogP contribution in [-0.2, 0) is 0 Å². The van der Waals surface area contributed by atoms with Crippen molar-refractivity contribution in [3.05, 3.63) is 71.9 Å². The zero-order valence-electron chi connectivity index (χ0n) is 13.6. The van der Waals surface area contributed by atoms with E-state index in [0.29, 0.717) is 15.8 Å². The number of carbonyl (C=O) groups excluding carboxylic acids is 1. The molecule has 1 saturated heterocycles. The average Bonchev–Trinajstić information content (AvgIpc) is 2.69. The smallest absolute Gasteiger partial charge is 0.255 e. The zero-order valence-corrected chi connectivity index (χ0v) is 15.3. The van der Waals surface area contributed by atoms with Gasteiger partial charge in [0.25, 0.3) is 5.91 Å². The van der Waals surface area contributed by atoms with Crippen molar-refractivity contribution in [3.8, 4) is 0 Å². The summed E-state index contributed by atoms with van der Waals surface area (Å²) in [5.41, 5.74) is 3.60. The Bertz CT molecular complexity index is 890. The second-order valence-electron chi connectivity index (χ2n) is 5.92. The SMILES string of the molecule is O=C(Nc1cnc2ccccc2c1)c1ccc(C2SCCCS2)cc1. The second-order valence-corrected chi connectivity index (χ2v) is 8.64. The fourth-order valence-electron chi connectivity index (χ4n) is 2.81. The molecule has 1 aliphatic rings. The Labute approximate surface area is 155 Å². The third-order valence-corrected chi connectivity index (χ3v) is 7.14. The molecule has 1 N–H and O–H groups in total. The van der Waals surface area contributed by atoms with Gasteiger partial charge in [-0.2, -0.15) is 0 Å². The van der Waals surface area contributed by atoms with Crippen molar-refractivity contribution in [1.29, 1.82) is 0 Å². The van der Waals surface area contributed by atoms with Gasteiger partial charge in [0.05, 0.1) is 22.0 Å². The molecular formula is C20H18N2OS2. The van der Waals surface area contributed by atoms with Gasteiger partial charge in [-0.05, 0) is 47.8 Å². The number of thioether (sulfide) groups is 2. The highest BCUT2D eigenvalue weighted by molar-refractivity contribution is 8.16. The first-order valence-electron chi connectivity index (χ1n) is 8.29. The number of benzene rings is 2. The number of amides is 1. The predicted octanol–water partition coefficient (Wildman–Crippen LogP) is 5.36. The van der Waals surface area contributed by atoms with Crippen LogP contribution in [0, 0.1) is 0 Å². The summed E-state index contributed by atoms with van der Waals surface area (Å²) in [6.07, 6.45) is 2.98. The van der Waals surface area contributed by atoms with Gasteiger partial charge < -0.3 is 5.32 Å². The molecule has 0 bridgehead atoms. The summed E-state index contributed by atoms with van der Waals surface area (Å²) in [6.45, 7) is 0. The maximum atomic E-state index is 12.5. The van der Waals surface area contributed by atoms with Gasteiger partial charge in [0.1, 0.15) is 0 Å². The van der Waals surface area contributed by atoms with Crippen LogP contribution in [0.15, 0.2) is 60.8 Å². The Morgan fingerprint density at radius 1 is 1.04 bits per heavy atom. The molecule has 3 nitrogen and oxygen atoms in total. The highest BCUT2D eigenvalue weighted by Crippen LogP contribution is 2.43. The van der Waals surface area contributed by atoms with Gasteiger partial charge in [0.2, 0.25) is 0 Å². The lowest BCUT2D eigenvalue weighted by Crippen LogP contribution is -2.12. The Morgan fingerprint density at radius 3 is 2.60 bits per heavy atom. The molecule has 1 aromatic heterocycles. The largest absolute Gasteiger partial charge is 0.321 e. The lowest BCUT2D eigenvalue weighted by molar-refractivity contribution is 0.102. The van der Waals surface area contributed by atoms with Crippen LogP contribution >= 0.6 is 23.5 Å². The summed E-state index contributed by atoms with van der Waals surface area (Å²) in [7, 11) is 0. The van der Waals surface area contributed by atoms with Crippen molar-refractivity contribution >= 4 is 46.0 Å². The topological polar surface area (TPSA) is 42.0 Å². The van der Waals surface area contributed by atoms with Crippen molar-refractivity contribution in [3.63, 3.8) is 0 Å². The number of aromatic nitrogens is 1. The molecule has 1 fully saturated rings. The first-order valence-corrected chi connectivity index (χ1v) is 10.4. The lowest BCUT2D eigenvalue weighted by atomic mass is 10.1. The van der Waals surface area contributed by atoms with Gasteiger partial charge in [0, 0.05) is 10.9 Å². The van der Waals surface area contributed by atoms with E-state index in [2.05, 4.69) is 22.4 Å². The fraction of sp³-hybridized carbons (Fsp3) is 0.200. The van der Waals surface area contributed by atoms with Crippen LogP contribution in [0.1, 0.15) is 26.9 Å². The molecule has 0 saturated carbocycles. The predicted molar refractivity (Wildman–Crippen MR) is 108 cm³/mol. The normalized spacial score (nSPS) is 15.2. The van der Waals surface area contributed by atoms with Gasteiger partial charge in [-0.3, -0.25) is 9.78 Å². The van der Waals surface area contributed by atoms with Gasteiger partial charge in [-0.1, -0.05) is 30.3 Å². The number of rotatable bonds is 3. The number of anilines is 1. The summed E-state index contributed by atoms with van der Waals surface area (Å²) in [6, 6.07) is 17.8. The Morgan fingerprint density at radius 2 is 1.80 bits per heavy atom. The summed E-state index contributed by atoms with van der Waals surface area (Å²) in [5, 5.41) is 3.95. The van der Waals surface area contributed by atoms with Gasteiger partial charge in [-0.15, -0.1) is 23.5 Å². The van der Waals surface area contributed by atoms with Crippen LogP contribution in [0.2, 0.25) is 0 Å². The number of hydrogen-bond acceptors (Lipinski definition) is 4. The number of nitrogens with zero attached hydrogens (tertiary/aromatic N) is 1. The minimum Gasteiger partial charge on any atom is -0.321 e. The van der Waals surface area contributed by atoms with Gasteiger partial charge in [0.15, 0.2) is 0 Å². The van der Waals surface area contributed by atoms with Crippen LogP contribution in [0.5, 0.6) is 0 Å². The summed E-state index contributed by atoms with van der Waals surface area (Å²) in [4.78, 5) is 16.9. The molecule has 4 rings (SSSR count). The molecule has 2 aromatic carbocycles. The molecule has 3 aromatic rings. The van der Waals surface area contributed by atoms with Crippen LogP contribution < -0.4 is 5.32 Å². The molecule has 0 spiro atoms. The minimum absolute atomic E-state index is 0.104. The molecule has 25 heavy (non-hydrogen) atoms. The Hall–Kier alpha value is -1.98. The molecule has 1 aliphatic heterocycles. The van der Waals surface area contributed by atoms with Crippen LogP contribution in [0.3, 0.4) is 0 Å². The first-order chi connectivity index (χ1) is 12.3. The maximum absolute atomic E-state index is 12.5. The molecular weight excluding hydrogens is 348 g/mol. The Kier molecular flexibility index (Phi) is 4.95. The summed E-state index contributed by atoms with van der Waals surface area (Å²) < 4.78 is 0.496. The molecule has 1 amide bonds. The number of carbonyl (C=O) groups is 1. The van der Waals surface area contributed by atoms with Crippen molar-refractivity contribution in [2.24, 2.45) is 0 Å². The van der Waals surface area contributed by atoms with Crippen molar-refractivity contribution in [2.45, 2.75) is 11.0 Å². The monoisotopic (exact) mass is 366 g/mol. The molecule has 126 valence electrons. The second kappa shape index (κ2) is 7.50. The van der Waals surface area contributed by atoms with E-state index in [1.54, 1.807) is 6.20 Å². The third-order valence-electron chi connectivity index (χ3n) is 4.12. The highest BCUT2D eigenvalue weighted by Gasteiger charge is 2.17. The zero-order chi connectivity index (χ0) is 17.1. The van der Waals surface area contributed by atoms with Gasteiger partial charge in [-0.25, -0.2) is 0 Å². The number of para-hydroxylation sites is 1. The van der Waals surface area contributed by atoms with E-state index < -0.39 is 0 Å². The number of pyridine rings is 1. The molecule has 0 unspecified atom stereocenters. The van der Waals surface area contributed by atoms with Gasteiger partial charge >= 0.3 is 0 Å².